The molecule has 0 saturated heterocycles. The molecule has 5 aromatic rings. The van der Waals surface area contributed by atoms with E-state index in [2.05, 4.69) is 86.7 Å². The van der Waals surface area contributed by atoms with Gasteiger partial charge in [0.05, 0.1) is 33.0 Å². The Kier molecular flexibility index (Phi) is 54.9. The number of ether oxygens (including phenoxy) is 7. The molecule has 0 spiro atoms. The van der Waals surface area contributed by atoms with E-state index in [1.165, 1.54) is 166 Å². The van der Waals surface area contributed by atoms with Gasteiger partial charge in [0, 0.05) is 30.7 Å². The van der Waals surface area contributed by atoms with Gasteiger partial charge in [-0.3, -0.25) is 14.2 Å². The van der Waals surface area contributed by atoms with Crippen LogP contribution in [0.15, 0.2) is 164 Å². The Hall–Kier alpha value is -4.96. The number of benzene rings is 5. The van der Waals surface area contributed by atoms with E-state index in [-0.39, 0.29) is 63.0 Å². The molecule has 0 aromatic heterocycles. The van der Waals surface area contributed by atoms with Crippen LogP contribution in [0.4, 0.5) is 0 Å². The van der Waals surface area contributed by atoms with Crippen molar-refractivity contribution in [1.82, 2.24) is 0 Å². The molecular weight excluding hydrogens is 1440 g/mol. The molecule has 15 heteroatoms. The van der Waals surface area contributed by atoms with E-state index in [1.54, 1.807) is 0 Å². The number of carbonyl (C=O) groups excluding carboxylic acids is 2. The number of hydrogen-bond acceptors (Lipinski definition) is 12. The minimum Gasteiger partial charge on any atom is -0.462 e. The second kappa shape index (κ2) is 64.2. The van der Waals surface area contributed by atoms with Gasteiger partial charge in [0.2, 0.25) is 0 Å². The van der Waals surface area contributed by atoms with E-state index >= 15 is 0 Å². The van der Waals surface area contributed by atoms with Gasteiger partial charge in [-0.05, 0) is 91.2 Å². The summed E-state index contributed by atoms with van der Waals surface area (Å²) < 4.78 is 68.2. The van der Waals surface area contributed by atoms with Crippen LogP contribution >= 0.6 is 19.6 Å². The number of rotatable bonds is 71. The molecule has 13 nitrogen and oxygen atoms in total. The first-order valence-corrected chi connectivity index (χ1v) is 47.3. The summed E-state index contributed by atoms with van der Waals surface area (Å²) in [5.74, 6) is -0.520. The maximum atomic E-state index is 14.3. The summed E-state index contributed by atoms with van der Waals surface area (Å²) in [6.07, 6.45) is 50.1. The van der Waals surface area contributed by atoms with E-state index in [0.29, 0.717) is 25.7 Å². The van der Waals surface area contributed by atoms with E-state index in [1.807, 2.05) is 91.0 Å². The second-order valence-corrected chi connectivity index (χ2v) is 34.6. The number of carbonyl (C=O) groups is 2. The minimum absolute atomic E-state index is 0.0231. The van der Waals surface area contributed by atoms with Crippen molar-refractivity contribution >= 4 is 31.6 Å². The van der Waals surface area contributed by atoms with Crippen LogP contribution in [0.25, 0.3) is 0 Å². The van der Waals surface area contributed by atoms with Crippen molar-refractivity contribution in [1.29, 1.82) is 0 Å². The van der Waals surface area contributed by atoms with Gasteiger partial charge in [-0.1, -0.05) is 402 Å². The average molecular weight is 1590 g/mol. The molecule has 1 aliphatic carbocycles. The van der Waals surface area contributed by atoms with Crippen LogP contribution in [0.1, 0.15) is 337 Å². The highest BCUT2D eigenvalue weighted by Crippen LogP contribution is 2.40. The van der Waals surface area contributed by atoms with Gasteiger partial charge in [0.1, 0.15) is 49.3 Å². The maximum absolute atomic E-state index is 14.3. The van der Waals surface area contributed by atoms with Gasteiger partial charge < -0.3 is 47.1 Å². The Morgan fingerprint density at radius 1 is 0.357 bits per heavy atom. The molecular formula is C97H149O13PS. The van der Waals surface area contributed by atoms with Crippen LogP contribution in [0.3, 0.4) is 0 Å². The van der Waals surface area contributed by atoms with E-state index < -0.39 is 50.3 Å². The summed E-state index contributed by atoms with van der Waals surface area (Å²) in [5.41, 5.74) is 4.96. The molecule has 0 bridgehead atoms. The summed E-state index contributed by atoms with van der Waals surface area (Å²) in [6.45, 7) is 5.82. The van der Waals surface area contributed by atoms with Crippen LogP contribution in [0.2, 0.25) is 0 Å². The molecule has 1 aliphatic rings. The molecule has 2 N–H and O–H groups in total. The molecule has 0 aliphatic heterocycles. The van der Waals surface area contributed by atoms with Crippen LogP contribution < -0.4 is 0 Å². The fourth-order valence-corrected chi connectivity index (χ4v) is 16.8. The second-order valence-electron chi connectivity index (χ2n) is 31.8. The number of unbranched alkanes of at least 4 members (excludes halogenated alkanes) is 38. The zero-order valence-corrected chi connectivity index (χ0v) is 71.1. The maximum Gasteiger partial charge on any atom is 0.325 e. The minimum atomic E-state index is -3.92. The summed E-state index contributed by atoms with van der Waals surface area (Å²) in [4.78, 5) is 46.6. The van der Waals surface area contributed by atoms with E-state index in [9.17, 15) is 23.9 Å². The highest BCUT2D eigenvalue weighted by atomic mass is 32.2. The Bertz CT molecular complexity index is 2990. The lowest BCUT2D eigenvalue weighted by Gasteiger charge is -2.49. The lowest BCUT2D eigenvalue weighted by molar-refractivity contribution is -0.277. The fourth-order valence-electron chi connectivity index (χ4n) is 15.1. The van der Waals surface area contributed by atoms with Crippen LogP contribution in [0.5, 0.6) is 0 Å². The first-order chi connectivity index (χ1) is 55.1. The molecule has 1 saturated carbocycles. The first-order valence-electron chi connectivity index (χ1n) is 44.7. The van der Waals surface area contributed by atoms with E-state index in [4.69, 9.17) is 37.3 Å². The van der Waals surface area contributed by atoms with Crippen molar-refractivity contribution in [2.75, 3.05) is 12.8 Å². The molecule has 1 fully saturated rings. The van der Waals surface area contributed by atoms with Gasteiger partial charge >= 0.3 is 19.5 Å². The molecule has 5 aromatic carbocycles. The van der Waals surface area contributed by atoms with Gasteiger partial charge in [-0.2, -0.15) is 0 Å². The molecule has 2 unspecified atom stereocenters. The van der Waals surface area contributed by atoms with Crippen molar-refractivity contribution in [3.8, 4) is 0 Å². The predicted molar refractivity (Wildman–Crippen MR) is 462 cm³/mol. The molecule has 0 heterocycles. The molecule has 6 rings (SSSR count). The Labute approximate surface area is 683 Å². The topological polar surface area (TPSA) is 166 Å². The predicted octanol–water partition coefficient (Wildman–Crippen LogP) is 26.5. The van der Waals surface area contributed by atoms with Crippen LogP contribution in [-0.4, -0.2) is 82.5 Å². The van der Waals surface area contributed by atoms with Crippen molar-refractivity contribution in [3.63, 3.8) is 0 Å². The summed E-state index contributed by atoms with van der Waals surface area (Å²) in [7, 11) is -3.92. The quantitative estimate of drug-likeness (QED) is 0.0124. The van der Waals surface area contributed by atoms with E-state index in [0.717, 1.165) is 143 Å². The smallest absolute Gasteiger partial charge is 0.325 e. The lowest BCUT2D eigenvalue weighted by atomic mass is 9.83. The third-order valence-electron chi connectivity index (χ3n) is 21.8. The monoisotopic (exact) mass is 1590 g/mol. The summed E-state index contributed by atoms with van der Waals surface area (Å²) >= 11 is 1.39. The van der Waals surface area contributed by atoms with Crippen molar-refractivity contribution in [2.45, 2.75) is 390 Å². The third kappa shape index (κ3) is 46.7. The van der Waals surface area contributed by atoms with Crippen molar-refractivity contribution in [3.05, 3.63) is 192 Å². The number of hydrogen-bond donors (Lipinski definition) is 2. The Morgan fingerprint density at radius 3 is 0.955 bits per heavy atom. The van der Waals surface area contributed by atoms with Gasteiger partial charge in [0.25, 0.3) is 0 Å². The molecule has 0 amide bonds. The number of allylic oxidation sites excluding steroid dienone is 2. The number of esters is 2. The summed E-state index contributed by atoms with van der Waals surface area (Å²) in [6, 6.07) is 51.0. The Balaban J connectivity index is 1.25. The zero-order chi connectivity index (χ0) is 79.1. The fraction of sp³-hybridized carbons (Fsp3) is 0.649. The van der Waals surface area contributed by atoms with Crippen molar-refractivity contribution < 1.29 is 61.3 Å². The highest BCUT2D eigenvalue weighted by molar-refractivity contribution is 7.95. The van der Waals surface area contributed by atoms with Crippen molar-refractivity contribution in [2.24, 2.45) is 0 Å². The Morgan fingerprint density at radius 2 is 0.634 bits per heavy atom. The molecule has 112 heavy (non-hydrogen) atoms. The molecule has 0 radical (unpaired) electrons. The zero-order valence-electron chi connectivity index (χ0n) is 69.4. The SMILES string of the molecule is CCCCCCCCCCCCCCCCCC(=O)OCC(CC(CCCCCC/C=C\CCCCCCCCP(=O)(O)O)SO[C@@H]1[C@@H](OCc2ccccc2)[C@H](OCc2ccccc2)[C@@H](OCc2ccccc2)[C@H](OCc2ccccc2)[C@@H]1OCc1ccccc1)OC(=O)CCCCCCCCCCCCCCCCC. The van der Waals surface area contributed by atoms with Gasteiger partial charge in [-0.15, -0.1) is 0 Å². The van der Waals surface area contributed by atoms with Crippen LogP contribution in [0, 0.1) is 0 Å². The average Bonchev–Trinajstić information content (AvgIpc) is 0.762. The first kappa shape index (κ1) is 95.9. The highest BCUT2D eigenvalue weighted by Gasteiger charge is 2.56. The standard InChI is InChI=1S/C97H149O13PS/c1-3-5-7-9-11-13-15-17-19-24-28-32-36-40-59-73-90(98)103-82-88(109-91(99)74-60-41-37-33-29-25-20-18-16-14-12-10-8-6-4-2)76-89(72-58-39-35-31-27-23-21-22-26-30-34-38-42-61-75-111(100,101)102)112-110-97-95(107-80-86-68-54-46-55-69-86)93(105-78-84-64-50-44-51-65-84)92(104-77-83-62-48-43-49-63-83)94(106-79-85-66-52-45-53-67-85)96(97)108-81-87-70-56-47-57-71-87/h21,23,43-57,62-71,88-89,92-97H,3-20,22,24-42,58-61,72-82H2,1-2H3,(H2,100,101,102)/b23-21-/t88?,89?,92-,93-,94+,95-,96-,97-/m0/s1. The molecule has 626 valence electrons. The normalized spacial score (nSPS) is 17.1. The third-order valence-corrected chi connectivity index (χ3v) is 23.7. The van der Waals surface area contributed by atoms with Gasteiger partial charge in [0.15, 0.2) is 0 Å². The summed E-state index contributed by atoms with van der Waals surface area (Å²) in [5, 5.41) is -0.229. The lowest BCUT2D eigenvalue weighted by Crippen LogP contribution is -2.67. The molecule has 8 atom stereocenters. The van der Waals surface area contributed by atoms with Gasteiger partial charge in [-0.25, -0.2) is 0 Å². The van der Waals surface area contributed by atoms with Crippen LogP contribution in [-0.2, 0) is 84.5 Å². The largest absolute Gasteiger partial charge is 0.462 e.